The van der Waals surface area contributed by atoms with Crippen LogP contribution in [0.5, 0.6) is 0 Å². The maximum absolute atomic E-state index is 12.8. The van der Waals surface area contributed by atoms with Gasteiger partial charge in [-0.3, -0.25) is 4.72 Å². The van der Waals surface area contributed by atoms with Crippen LogP contribution in [0.1, 0.15) is 0 Å². The molecule has 0 aromatic carbocycles. The first kappa shape index (κ1) is 10.4. The second-order valence-electron chi connectivity index (χ2n) is 2.37. The van der Waals surface area contributed by atoms with E-state index in [-0.39, 0.29) is 5.69 Å². The average molecular weight is 269 g/mol. The lowest BCUT2D eigenvalue weighted by Crippen LogP contribution is -2.11. The molecule has 1 aromatic rings. The molecule has 0 bridgehead atoms. The van der Waals surface area contributed by atoms with Crippen molar-refractivity contribution >= 4 is 31.6 Å². The zero-order chi connectivity index (χ0) is 10.1. The fourth-order valence-electron chi connectivity index (χ4n) is 0.694. The minimum atomic E-state index is -3.47. The number of pyridine rings is 1. The van der Waals surface area contributed by atoms with E-state index in [2.05, 4.69) is 20.9 Å². The van der Waals surface area contributed by atoms with Crippen LogP contribution in [-0.4, -0.2) is 19.7 Å². The molecule has 0 aliphatic carbocycles. The third-order valence-corrected chi connectivity index (χ3v) is 2.13. The fraction of sp³-hybridized carbons (Fsp3) is 0.167. The third kappa shape index (κ3) is 3.27. The van der Waals surface area contributed by atoms with Crippen LogP contribution in [0.3, 0.4) is 0 Å². The number of sulfonamides is 1. The highest BCUT2D eigenvalue weighted by Crippen LogP contribution is 2.18. The SMILES string of the molecule is CS(=O)(=O)Nc1cc(Br)cnc1F. The highest BCUT2D eigenvalue weighted by molar-refractivity contribution is 9.10. The van der Waals surface area contributed by atoms with Gasteiger partial charge < -0.3 is 0 Å². The molecule has 0 radical (unpaired) electrons. The molecule has 0 spiro atoms. The van der Waals surface area contributed by atoms with Crippen molar-refractivity contribution in [1.82, 2.24) is 4.98 Å². The number of nitrogens with zero attached hydrogens (tertiary/aromatic N) is 1. The summed E-state index contributed by atoms with van der Waals surface area (Å²) in [4.78, 5) is 3.32. The van der Waals surface area contributed by atoms with Crippen molar-refractivity contribution in [2.75, 3.05) is 11.0 Å². The summed E-state index contributed by atoms with van der Waals surface area (Å²) in [6.07, 6.45) is 2.18. The van der Waals surface area contributed by atoms with Crippen molar-refractivity contribution < 1.29 is 12.8 Å². The Hall–Kier alpha value is -0.690. The molecule has 0 amide bonds. The molecule has 0 fully saturated rings. The molecule has 72 valence electrons. The van der Waals surface area contributed by atoms with Crippen molar-refractivity contribution in [2.45, 2.75) is 0 Å². The predicted octanol–water partition coefficient (Wildman–Crippen LogP) is 1.35. The van der Waals surface area contributed by atoms with E-state index in [1.165, 1.54) is 12.3 Å². The van der Waals surface area contributed by atoms with E-state index in [4.69, 9.17) is 0 Å². The molecule has 1 N–H and O–H groups in total. The van der Waals surface area contributed by atoms with Crippen molar-refractivity contribution in [3.63, 3.8) is 0 Å². The first-order valence-electron chi connectivity index (χ1n) is 3.17. The quantitative estimate of drug-likeness (QED) is 0.824. The molecule has 4 nitrogen and oxygen atoms in total. The standard InChI is InChI=1S/C6H6BrFN2O2S/c1-13(11,12)10-5-2-4(7)3-9-6(5)8/h2-3,10H,1H3. The number of aromatic nitrogens is 1. The van der Waals surface area contributed by atoms with Gasteiger partial charge in [0, 0.05) is 10.7 Å². The number of halogens is 2. The smallest absolute Gasteiger partial charge is 0.237 e. The summed E-state index contributed by atoms with van der Waals surface area (Å²) in [6.45, 7) is 0. The molecule has 0 aliphatic rings. The second-order valence-corrected chi connectivity index (χ2v) is 5.03. The summed E-state index contributed by atoms with van der Waals surface area (Å²) in [5.41, 5.74) is -0.170. The first-order valence-corrected chi connectivity index (χ1v) is 5.86. The molecular formula is C6H6BrFN2O2S. The Morgan fingerprint density at radius 1 is 1.62 bits per heavy atom. The maximum atomic E-state index is 12.8. The lowest BCUT2D eigenvalue weighted by Gasteiger charge is -2.03. The lowest BCUT2D eigenvalue weighted by atomic mass is 10.4. The van der Waals surface area contributed by atoms with Gasteiger partial charge in [0.25, 0.3) is 0 Å². The average Bonchev–Trinajstić information content (AvgIpc) is 1.94. The van der Waals surface area contributed by atoms with Gasteiger partial charge in [-0.2, -0.15) is 4.39 Å². The molecule has 0 atom stereocenters. The molecule has 7 heteroatoms. The Morgan fingerprint density at radius 3 is 2.77 bits per heavy atom. The van der Waals surface area contributed by atoms with Crippen LogP contribution < -0.4 is 4.72 Å². The summed E-state index contributed by atoms with van der Waals surface area (Å²) in [6, 6.07) is 1.30. The molecule has 0 saturated carbocycles. The number of hydrogen-bond donors (Lipinski definition) is 1. The van der Waals surface area contributed by atoms with Gasteiger partial charge >= 0.3 is 0 Å². The van der Waals surface area contributed by atoms with E-state index in [1.54, 1.807) is 0 Å². The lowest BCUT2D eigenvalue weighted by molar-refractivity contribution is 0.584. The first-order chi connectivity index (χ1) is 5.88. The monoisotopic (exact) mass is 268 g/mol. The molecule has 0 saturated heterocycles. The summed E-state index contributed by atoms with van der Waals surface area (Å²) < 4.78 is 36.8. The second kappa shape index (κ2) is 3.59. The van der Waals surface area contributed by atoms with E-state index in [0.717, 1.165) is 6.26 Å². The van der Waals surface area contributed by atoms with E-state index in [9.17, 15) is 12.8 Å². The Morgan fingerprint density at radius 2 is 2.23 bits per heavy atom. The number of anilines is 1. The van der Waals surface area contributed by atoms with Gasteiger partial charge in [0.1, 0.15) is 5.69 Å². The Bertz CT molecular complexity index is 421. The van der Waals surface area contributed by atoms with Crippen LogP contribution in [0, 0.1) is 5.95 Å². The number of hydrogen-bond acceptors (Lipinski definition) is 3. The van der Waals surface area contributed by atoms with Crippen LogP contribution >= 0.6 is 15.9 Å². The van der Waals surface area contributed by atoms with Crippen LogP contribution in [0.25, 0.3) is 0 Å². The van der Waals surface area contributed by atoms with Crippen LogP contribution in [0.15, 0.2) is 16.7 Å². The van der Waals surface area contributed by atoms with E-state index in [1.807, 2.05) is 4.72 Å². The summed E-state index contributed by atoms with van der Waals surface area (Å²) in [5, 5.41) is 0. The molecule has 0 unspecified atom stereocenters. The van der Waals surface area contributed by atoms with Gasteiger partial charge in [-0.25, -0.2) is 13.4 Å². The Balaban J connectivity index is 3.08. The Kier molecular flexibility index (Phi) is 2.87. The predicted molar refractivity (Wildman–Crippen MR) is 50.4 cm³/mol. The Labute approximate surface area is 83.4 Å². The van der Waals surface area contributed by atoms with Crippen molar-refractivity contribution in [1.29, 1.82) is 0 Å². The van der Waals surface area contributed by atoms with E-state index in [0.29, 0.717) is 4.47 Å². The largest absolute Gasteiger partial charge is 0.279 e. The van der Waals surface area contributed by atoms with Gasteiger partial charge in [0.05, 0.1) is 6.26 Å². The number of nitrogens with one attached hydrogen (secondary N) is 1. The topological polar surface area (TPSA) is 59.1 Å². The van der Waals surface area contributed by atoms with Gasteiger partial charge in [0.2, 0.25) is 16.0 Å². The summed E-state index contributed by atoms with van der Waals surface area (Å²) in [7, 11) is -3.47. The van der Waals surface area contributed by atoms with Gasteiger partial charge in [-0.05, 0) is 22.0 Å². The van der Waals surface area contributed by atoms with E-state index < -0.39 is 16.0 Å². The molecule has 1 rings (SSSR count). The van der Waals surface area contributed by atoms with Crippen molar-refractivity contribution in [3.8, 4) is 0 Å². The van der Waals surface area contributed by atoms with Gasteiger partial charge in [-0.1, -0.05) is 0 Å². The van der Waals surface area contributed by atoms with Crippen molar-refractivity contribution in [2.24, 2.45) is 0 Å². The van der Waals surface area contributed by atoms with E-state index >= 15 is 0 Å². The van der Waals surface area contributed by atoms with Crippen LogP contribution in [0.2, 0.25) is 0 Å². The molecule has 1 heterocycles. The summed E-state index contributed by atoms with van der Waals surface area (Å²) >= 11 is 3.04. The zero-order valence-corrected chi connectivity index (χ0v) is 8.99. The van der Waals surface area contributed by atoms with Crippen molar-refractivity contribution in [3.05, 3.63) is 22.7 Å². The minimum Gasteiger partial charge on any atom is -0.279 e. The highest BCUT2D eigenvalue weighted by Gasteiger charge is 2.08. The molecule has 1 aromatic heterocycles. The van der Waals surface area contributed by atoms with Gasteiger partial charge in [0.15, 0.2) is 0 Å². The minimum absolute atomic E-state index is 0.170. The van der Waals surface area contributed by atoms with Crippen LogP contribution in [0.4, 0.5) is 10.1 Å². The fourth-order valence-corrected chi connectivity index (χ4v) is 1.57. The number of rotatable bonds is 2. The molecule has 0 aliphatic heterocycles. The molecular weight excluding hydrogens is 263 g/mol. The normalized spacial score (nSPS) is 11.3. The summed E-state index contributed by atoms with van der Waals surface area (Å²) in [5.74, 6) is -0.853. The molecule has 13 heavy (non-hydrogen) atoms. The zero-order valence-electron chi connectivity index (χ0n) is 6.58. The van der Waals surface area contributed by atoms with Gasteiger partial charge in [-0.15, -0.1) is 0 Å². The third-order valence-electron chi connectivity index (χ3n) is 1.10. The highest BCUT2D eigenvalue weighted by atomic mass is 79.9. The van der Waals surface area contributed by atoms with Crippen LogP contribution in [-0.2, 0) is 10.0 Å². The maximum Gasteiger partial charge on any atom is 0.237 e.